The maximum absolute atomic E-state index is 13.7. The predicted octanol–water partition coefficient (Wildman–Crippen LogP) is 2.27. The highest BCUT2D eigenvalue weighted by molar-refractivity contribution is 5.91. The monoisotopic (exact) mass is 266 g/mol. The summed E-state index contributed by atoms with van der Waals surface area (Å²) in [5, 5.41) is 2.59. The van der Waals surface area contributed by atoms with Crippen molar-refractivity contribution in [2.24, 2.45) is 0 Å². The molecule has 1 heterocycles. The van der Waals surface area contributed by atoms with Gasteiger partial charge >= 0.3 is 0 Å². The first-order chi connectivity index (χ1) is 8.91. The summed E-state index contributed by atoms with van der Waals surface area (Å²) in [4.78, 5) is 22.9. The highest BCUT2D eigenvalue weighted by Crippen LogP contribution is 2.21. The molecule has 6 heteroatoms. The maximum atomic E-state index is 13.7. The van der Waals surface area contributed by atoms with Crippen LogP contribution >= 0.6 is 0 Å². The topological polar surface area (TPSA) is 54.9 Å². The normalized spacial score (nSPS) is 12.4. The van der Waals surface area contributed by atoms with E-state index in [9.17, 15) is 18.4 Å². The molecule has 0 aliphatic carbocycles. The number of ketones is 1. The Morgan fingerprint density at radius 2 is 2.05 bits per heavy atom. The molecular formula is C13H12F2N2O2. The fraction of sp³-hybridized carbons (Fsp3) is 0.231. The first-order valence-corrected chi connectivity index (χ1v) is 5.68. The minimum Gasteiger partial charge on any atom is -0.293 e. The van der Waals surface area contributed by atoms with Gasteiger partial charge < -0.3 is 0 Å². The summed E-state index contributed by atoms with van der Waals surface area (Å²) in [6.07, 6.45) is 0. The minimum absolute atomic E-state index is 0.0408. The number of aromatic amines is 1. The van der Waals surface area contributed by atoms with Crippen molar-refractivity contribution in [1.29, 1.82) is 0 Å². The van der Waals surface area contributed by atoms with E-state index in [1.54, 1.807) is 6.92 Å². The van der Waals surface area contributed by atoms with E-state index in [2.05, 4.69) is 5.10 Å². The number of carbonyl (C=O) groups excluding carboxylic acids is 1. The van der Waals surface area contributed by atoms with E-state index < -0.39 is 23.2 Å². The van der Waals surface area contributed by atoms with Crippen LogP contribution in [0.4, 0.5) is 8.78 Å². The molecule has 19 heavy (non-hydrogen) atoms. The number of carbonyl (C=O) groups is 1. The van der Waals surface area contributed by atoms with Gasteiger partial charge in [0.05, 0.1) is 6.04 Å². The summed E-state index contributed by atoms with van der Waals surface area (Å²) in [6, 6.07) is 4.16. The maximum Gasteiger partial charge on any atom is 0.267 e. The summed E-state index contributed by atoms with van der Waals surface area (Å²) in [6.45, 7) is 2.85. The van der Waals surface area contributed by atoms with Crippen LogP contribution in [0.3, 0.4) is 0 Å². The Morgan fingerprint density at radius 3 is 2.63 bits per heavy atom. The molecule has 1 aromatic carbocycles. The Bertz CT molecular complexity index is 688. The lowest BCUT2D eigenvalue weighted by molar-refractivity contribution is 0.101. The third kappa shape index (κ3) is 2.33. The minimum atomic E-state index is -0.999. The number of nitrogens with one attached hydrogen (secondary N) is 1. The van der Waals surface area contributed by atoms with E-state index in [0.717, 1.165) is 16.8 Å². The van der Waals surface area contributed by atoms with Crippen LogP contribution in [0.25, 0.3) is 0 Å². The molecule has 1 N–H and O–H groups in total. The van der Waals surface area contributed by atoms with Gasteiger partial charge in [-0.15, -0.1) is 0 Å². The molecule has 0 aliphatic heterocycles. The first kappa shape index (κ1) is 13.2. The summed E-state index contributed by atoms with van der Waals surface area (Å²) in [5.41, 5.74) is -0.297. The van der Waals surface area contributed by atoms with Gasteiger partial charge in [0.2, 0.25) is 0 Å². The molecule has 1 aromatic heterocycles. The Labute approximate surface area is 107 Å². The van der Waals surface area contributed by atoms with Crippen molar-refractivity contribution in [3.63, 3.8) is 0 Å². The number of aromatic nitrogens is 2. The van der Waals surface area contributed by atoms with Crippen LogP contribution in [-0.4, -0.2) is 15.6 Å². The molecule has 100 valence electrons. The fourth-order valence-electron chi connectivity index (χ4n) is 1.86. The molecule has 1 atom stereocenters. The molecule has 2 aromatic rings. The molecule has 1 unspecified atom stereocenters. The van der Waals surface area contributed by atoms with Crippen LogP contribution in [-0.2, 0) is 0 Å². The molecule has 0 bridgehead atoms. The summed E-state index contributed by atoms with van der Waals surface area (Å²) >= 11 is 0. The van der Waals surface area contributed by atoms with Gasteiger partial charge in [-0.25, -0.2) is 13.5 Å². The molecule has 4 nitrogen and oxygen atoms in total. The zero-order valence-electron chi connectivity index (χ0n) is 10.4. The molecule has 0 saturated carbocycles. The summed E-state index contributed by atoms with van der Waals surface area (Å²) < 4.78 is 27.9. The number of rotatable bonds is 3. The summed E-state index contributed by atoms with van der Waals surface area (Å²) in [5.74, 6) is -2.28. The van der Waals surface area contributed by atoms with Gasteiger partial charge in [0.1, 0.15) is 5.69 Å². The zero-order chi connectivity index (χ0) is 14.2. The highest BCUT2D eigenvalue weighted by atomic mass is 19.2. The Hall–Kier alpha value is -2.24. The lowest BCUT2D eigenvalue weighted by atomic mass is 10.1. The number of Topliss-reactive ketones (excluding diaryl/α,β-unsaturated/α-hetero) is 1. The van der Waals surface area contributed by atoms with Crippen molar-refractivity contribution in [2.75, 3.05) is 0 Å². The van der Waals surface area contributed by atoms with Crippen molar-refractivity contribution in [3.8, 4) is 0 Å². The summed E-state index contributed by atoms with van der Waals surface area (Å²) in [7, 11) is 0. The fourth-order valence-corrected chi connectivity index (χ4v) is 1.86. The number of hydrogen-bond acceptors (Lipinski definition) is 2. The van der Waals surface area contributed by atoms with E-state index in [4.69, 9.17) is 0 Å². The zero-order valence-corrected chi connectivity index (χ0v) is 10.4. The Balaban J connectivity index is 2.50. The molecule has 0 amide bonds. The van der Waals surface area contributed by atoms with Crippen molar-refractivity contribution in [2.45, 2.75) is 19.9 Å². The van der Waals surface area contributed by atoms with Gasteiger partial charge in [0, 0.05) is 18.6 Å². The van der Waals surface area contributed by atoms with Crippen molar-refractivity contribution in [3.05, 3.63) is 57.5 Å². The van der Waals surface area contributed by atoms with Crippen molar-refractivity contribution >= 4 is 5.78 Å². The number of hydrogen-bond donors (Lipinski definition) is 1. The lowest BCUT2D eigenvalue weighted by Crippen LogP contribution is -2.22. The largest absolute Gasteiger partial charge is 0.293 e. The molecule has 0 radical (unpaired) electrons. The molecule has 0 spiro atoms. The number of H-pyrrole nitrogens is 1. The van der Waals surface area contributed by atoms with Gasteiger partial charge in [-0.3, -0.25) is 14.7 Å². The Morgan fingerprint density at radius 1 is 1.37 bits per heavy atom. The smallest absolute Gasteiger partial charge is 0.267 e. The highest BCUT2D eigenvalue weighted by Gasteiger charge is 2.18. The number of nitrogens with zero attached hydrogens (tertiary/aromatic N) is 1. The average molecular weight is 266 g/mol. The Kier molecular flexibility index (Phi) is 3.33. The van der Waals surface area contributed by atoms with Crippen LogP contribution in [0.1, 0.15) is 35.9 Å². The van der Waals surface area contributed by atoms with Gasteiger partial charge in [0.25, 0.3) is 5.56 Å². The third-order valence-corrected chi connectivity index (χ3v) is 2.94. The second-order valence-corrected chi connectivity index (χ2v) is 4.25. The van der Waals surface area contributed by atoms with Gasteiger partial charge in [-0.2, -0.15) is 0 Å². The van der Waals surface area contributed by atoms with Crippen molar-refractivity contribution < 1.29 is 13.6 Å². The molecule has 0 aliphatic rings. The molecule has 0 fully saturated rings. The van der Waals surface area contributed by atoms with Gasteiger partial charge in [-0.1, -0.05) is 12.1 Å². The van der Waals surface area contributed by atoms with Gasteiger partial charge in [-0.05, 0) is 13.0 Å². The van der Waals surface area contributed by atoms with Crippen LogP contribution < -0.4 is 5.56 Å². The van der Waals surface area contributed by atoms with Crippen LogP contribution in [0.2, 0.25) is 0 Å². The second kappa shape index (κ2) is 4.79. The lowest BCUT2D eigenvalue weighted by Gasteiger charge is -2.14. The van der Waals surface area contributed by atoms with E-state index in [0.29, 0.717) is 0 Å². The number of halogens is 2. The predicted molar refractivity (Wildman–Crippen MR) is 65.2 cm³/mol. The van der Waals surface area contributed by atoms with Crippen LogP contribution in [0.5, 0.6) is 0 Å². The van der Waals surface area contributed by atoms with E-state index in [1.165, 1.54) is 19.1 Å². The molecule has 2 rings (SSSR count). The van der Waals surface area contributed by atoms with E-state index >= 15 is 0 Å². The van der Waals surface area contributed by atoms with Gasteiger partial charge in [0.15, 0.2) is 17.4 Å². The standard InChI is InChI=1S/C13H12F2N2O2/c1-7(9-4-3-5-10(14)13(9)15)17-12(19)6-11(16-17)8(2)18/h3-7,16H,1-2H3. The quantitative estimate of drug-likeness (QED) is 0.866. The first-order valence-electron chi connectivity index (χ1n) is 5.68. The van der Waals surface area contributed by atoms with E-state index in [1.807, 2.05) is 0 Å². The molecular weight excluding hydrogens is 254 g/mol. The average Bonchev–Trinajstić information content (AvgIpc) is 2.74. The van der Waals surface area contributed by atoms with Crippen LogP contribution in [0.15, 0.2) is 29.1 Å². The van der Waals surface area contributed by atoms with Crippen molar-refractivity contribution in [1.82, 2.24) is 9.78 Å². The van der Waals surface area contributed by atoms with E-state index in [-0.39, 0.29) is 17.0 Å². The number of benzene rings is 1. The third-order valence-electron chi connectivity index (χ3n) is 2.94. The van der Waals surface area contributed by atoms with Crippen LogP contribution in [0, 0.1) is 11.6 Å². The molecule has 0 saturated heterocycles. The second-order valence-electron chi connectivity index (χ2n) is 4.25. The SMILES string of the molecule is CC(=O)c1cc(=O)n(C(C)c2cccc(F)c2F)[nH]1.